The fourth-order valence-electron chi connectivity index (χ4n) is 2.13. The van der Waals surface area contributed by atoms with E-state index in [9.17, 15) is 4.79 Å². The van der Waals surface area contributed by atoms with Crippen molar-refractivity contribution in [2.75, 3.05) is 19.7 Å². The second kappa shape index (κ2) is 6.69. The van der Waals surface area contributed by atoms with Crippen molar-refractivity contribution >= 4 is 17.7 Å². The molecule has 1 unspecified atom stereocenters. The van der Waals surface area contributed by atoms with Crippen LogP contribution in [0.15, 0.2) is 6.20 Å². The van der Waals surface area contributed by atoms with Crippen molar-refractivity contribution in [1.82, 2.24) is 14.9 Å². The van der Waals surface area contributed by atoms with Crippen LogP contribution in [0, 0.1) is 12.8 Å². The predicted molar refractivity (Wildman–Crippen MR) is 83.2 cm³/mol. The molecule has 1 atom stereocenters. The summed E-state index contributed by atoms with van der Waals surface area (Å²) in [6.07, 6.45) is 2.23. The van der Waals surface area contributed by atoms with Crippen LogP contribution in [0.5, 0.6) is 6.01 Å². The molecule has 0 aliphatic carbocycles. The van der Waals surface area contributed by atoms with Crippen molar-refractivity contribution in [1.29, 1.82) is 0 Å². The van der Waals surface area contributed by atoms with Gasteiger partial charge in [0.25, 0.3) is 0 Å². The minimum absolute atomic E-state index is 0.246. The standard InChI is InChI=1S/C15H22ClN3O3/c1-10-7-17-13(18-12(10)16)21-9-11-5-6-19(8-11)14(20)22-15(2,3)4/h7,11H,5-6,8-9H2,1-4H3. The van der Waals surface area contributed by atoms with Crippen LogP contribution in [0.4, 0.5) is 4.79 Å². The van der Waals surface area contributed by atoms with Crippen LogP contribution in [-0.4, -0.2) is 46.3 Å². The van der Waals surface area contributed by atoms with Gasteiger partial charge in [-0.25, -0.2) is 9.78 Å². The van der Waals surface area contributed by atoms with E-state index < -0.39 is 5.60 Å². The molecule has 0 spiro atoms. The molecular formula is C15H22ClN3O3. The van der Waals surface area contributed by atoms with Gasteiger partial charge in [-0.15, -0.1) is 0 Å². The fraction of sp³-hybridized carbons (Fsp3) is 0.667. The Morgan fingerprint density at radius 2 is 2.23 bits per heavy atom. The van der Waals surface area contributed by atoms with E-state index in [-0.39, 0.29) is 18.0 Å². The SMILES string of the molecule is Cc1cnc(OCC2CCN(C(=O)OC(C)(C)C)C2)nc1Cl. The van der Waals surface area contributed by atoms with Crippen molar-refractivity contribution in [3.63, 3.8) is 0 Å². The summed E-state index contributed by atoms with van der Waals surface area (Å²) in [6, 6.07) is 0.270. The van der Waals surface area contributed by atoms with Crippen molar-refractivity contribution < 1.29 is 14.3 Å². The highest BCUT2D eigenvalue weighted by atomic mass is 35.5. The molecule has 6 nitrogen and oxygen atoms in total. The highest BCUT2D eigenvalue weighted by Gasteiger charge is 2.30. The third-order valence-corrected chi connectivity index (χ3v) is 3.66. The summed E-state index contributed by atoms with van der Waals surface area (Å²) >= 11 is 5.93. The van der Waals surface area contributed by atoms with Crippen LogP contribution in [0.1, 0.15) is 32.8 Å². The number of carbonyl (C=O) groups is 1. The Hall–Kier alpha value is -1.56. The van der Waals surface area contributed by atoms with Gasteiger partial charge in [0.2, 0.25) is 0 Å². The Kier molecular flexibility index (Phi) is 5.11. The lowest BCUT2D eigenvalue weighted by Crippen LogP contribution is -2.35. The van der Waals surface area contributed by atoms with Crippen LogP contribution in [0.3, 0.4) is 0 Å². The lowest BCUT2D eigenvalue weighted by Gasteiger charge is -2.24. The number of hydrogen-bond acceptors (Lipinski definition) is 5. The number of aryl methyl sites for hydroxylation is 1. The van der Waals surface area contributed by atoms with Crippen molar-refractivity contribution in [2.45, 2.75) is 39.7 Å². The maximum absolute atomic E-state index is 12.0. The van der Waals surface area contributed by atoms with Gasteiger partial charge in [0.05, 0.1) is 6.61 Å². The molecule has 1 aromatic heterocycles. The summed E-state index contributed by atoms with van der Waals surface area (Å²) in [6.45, 7) is 9.17. The molecule has 0 bridgehead atoms. The molecule has 0 radical (unpaired) electrons. The Morgan fingerprint density at radius 1 is 1.50 bits per heavy atom. The lowest BCUT2D eigenvalue weighted by atomic mass is 10.1. The van der Waals surface area contributed by atoms with Crippen LogP contribution in [0.2, 0.25) is 5.15 Å². The van der Waals surface area contributed by atoms with Crippen molar-refractivity contribution in [2.24, 2.45) is 5.92 Å². The third-order valence-electron chi connectivity index (χ3n) is 3.27. The number of aromatic nitrogens is 2. The van der Waals surface area contributed by atoms with E-state index in [0.717, 1.165) is 12.0 Å². The van der Waals surface area contributed by atoms with E-state index in [1.54, 1.807) is 11.1 Å². The first-order valence-corrected chi connectivity index (χ1v) is 7.72. The average molecular weight is 328 g/mol. The lowest BCUT2D eigenvalue weighted by molar-refractivity contribution is 0.0284. The molecule has 122 valence electrons. The molecule has 2 rings (SSSR count). The predicted octanol–water partition coefficient (Wildman–Crippen LogP) is 3.07. The first kappa shape index (κ1) is 16.8. The molecule has 1 saturated heterocycles. The molecule has 7 heteroatoms. The number of halogens is 1. The minimum atomic E-state index is -0.474. The van der Waals surface area contributed by atoms with Crippen molar-refractivity contribution in [3.8, 4) is 6.01 Å². The summed E-state index contributed by atoms with van der Waals surface area (Å²) in [5, 5.41) is 0.395. The Balaban J connectivity index is 1.81. The summed E-state index contributed by atoms with van der Waals surface area (Å²) < 4.78 is 10.9. The van der Waals surface area contributed by atoms with E-state index in [1.807, 2.05) is 27.7 Å². The summed E-state index contributed by atoms with van der Waals surface area (Å²) in [5.41, 5.74) is 0.337. The topological polar surface area (TPSA) is 64.5 Å². The molecule has 1 amide bonds. The molecule has 2 heterocycles. The highest BCUT2D eigenvalue weighted by molar-refractivity contribution is 6.30. The number of amides is 1. The van der Waals surface area contributed by atoms with Gasteiger partial charge < -0.3 is 14.4 Å². The normalized spacial score (nSPS) is 18.4. The zero-order valence-corrected chi connectivity index (χ0v) is 14.2. The molecule has 0 aromatic carbocycles. The molecule has 1 aliphatic heterocycles. The monoisotopic (exact) mass is 327 g/mol. The largest absolute Gasteiger partial charge is 0.463 e. The van der Waals surface area contributed by atoms with Gasteiger partial charge in [-0.05, 0) is 34.1 Å². The number of hydrogen-bond donors (Lipinski definition) is 0. The summed E-state index contributed by atoms with van der Waals surface area (Å²) in [7, 11) is 0. The second-order valence-electron chi connectivity index (χ2n) is 6.52. The first-order chi connectivity index (χ1) is 10.2. The van der Waals surface area contributed by atoms with Gasteiger partial charge in [-0.1, -0.05) is 11.6 Å². The van der Waals surface area contributed by atoms with Gasteiger partial charge in [0, 0.05) is 30.8 Å². The number of ether oxygens (including phenoxy) is 2. The minimum Gasteiger partial charge on any atom is -0.463 e. The number of carbonyl (C=O) groups excluding carboxylic acids is 1. The molecule has 1 fully saturated rings. The van der Waals surface area contributed by atoms with Crippen LogP contribution < -0.4 is 4.74 Å². The molecule has 0 saturated carbocycles. The van der Waals surface area contributed by atoms with Crippen LogP contribution in [0.25, 0.3) is 0 Å². The third kappa shape index (κ3) is 4.73. The average Bonchev–Trinajstić information content (AvgIpc) is 2.87. The quantitative estimate of drug-likeness (QED) is 0.798. The second-order valence-corrected chi connectivity index (χ2v) is 6.88. The number of rotatable bonds is 3. The number of nitrogens with zero attached hydrogens (tertiary/aromatic N) is 3. The Labute approximate surface area is 135 Å². The molecular weight excluding hydrogens is 306 g/mol. The zero-order valence-electron chi connectivity index (χ0n) is 13.4. The molecule has 22 heavy (non-hydrogen) atoms. The van der Waals surface area contributed by atoms with E-state index in [0.29, 0.717) is 24.8 Å². The van der Waals surface area contributed by atoms with E-state index in [1.165, 1.54) is 0 Å². The number of likely N-dealkylation sites (tertiary alicyclic amines) is 1. The first-order valence-electron chi connectivity index (χ1n) is 7.34. The smallest absolute Gasteiger partial charge is 0.410 e. The maximum atomic E-state index is 12.0. The fourth-order valence-corrected chi connectivity index (χ4v) is 2.25. The molecule has 1 aromatic rings. The van der Waals surface area contributed by atoms with Gasteiger partial charge >= 0.3 is 12.1 Å². The summed E-state index contributed by atoms with van der Waals surface area (Å²) in [4.78, 5) is 21.8. The van der Waals surface area contributed by atoms with E-state index in [4.69, 9.17) is 21.1 Å². The molecule has 0 N–H and O–H groups in total. The van der Waals surface area contributed by atoms with Crippen LogP contribution >= 0.6 is 11.6 Å². The van der Waals surface area contributed by atoms with Crippen LogP contribution in [-0.2, 0) is 4.74 Å². The molecule has 1 aliphatic rings. The maximum Gasteiger partial charge on any atom is 0.410 e. The van der Waals surface area contributed by atoms with Gasteiger partial charge in [-0.2, -0.15) is 4.98 Å². The Morgan fingerprint density at radius 3 is 2.86 bits per heavy atom. The van der Waals surface area contributed by atoms with Gasteiger partial charge in [0.15, 0.2) is 0 Å². The van der Waals surface area contributed by atoms with Crippen molar-refractivity contribution in [3.05, 3.63) is 16.9 Å². The van der Waals surface area contributed by atoms with Gasteiger partial charge in [-0.3, -0.25) is 0 Å². The zero-order chi connectivity index (χ0) is 16.3. The summed E-state index contributed by atoms with van der Waals surface area (Å²) in [5.74, 6) is 0.246. The van der Waals surface area contributed by atoms with E-state index >= 15 is 0 Å². The highest BCUT2D eigenvalue weighted by Crippen LogP contribution is 2.21. The van der Waals surface area contributed by atoms with E-state index in [2.05, 4.69) is 9.97 Å². The van der Waals surface area contributed by atoms with Gasteiger partial charge in [0.1, 0.15) is 10.8 Å². The Bertz CT molecular complexity index is 545.